The van der Waals surface area contributed by atoms with Gasteiger partial charge in [-0.25, -0.2) is 9.78 Å². The second-order valence-corrected chi connectivity index (χ2v) is 7.14. The van der Waals surface area contributed by atoms with E-state index in [1.807, 2.05) is 50.2 Å². The first kappa shape index (κ1) is 19.7. The van der Waals surface area contributed by atoms with Crippen molar-refractivity contribution in [2.45, 2.75) is 33.7 Å². The van der Waals surface area contributed by atoms with E-state index in [-0.39, 0.29) is 11.6 Å². The normalized spacial score (nSPS) is 13.2. The lowest BCUT2D eigenvalue weighted by Gasteiger charge is -2.16. The Kier molecular flexibility index (Phi) is 5.26. The van der Waals surface area contributed by atoms with Crippen molar-refractivity contribution in [1.82, 2.24) is 19.9 Å². The van der Waals surface area contributed by atoms with Gasteiger partial charge < -0.3 is 14.9 Å². The summed E-state index contributed by atoms with van der Waals surface area (Å²) in [5, 5.41) is 11.7. The number of aromatic nitrogens is 3. The van der Waals surface area contributed by atoms with Crippen molar-refractivity contribution in [3.05, 3.63) is 40.3 Å². The van der Waals surface area contributed by atoms with E-state index in [9.17, 15) is 9.59 Å². The molecule has 1 aliphatic rings. The lowest BCUT2D eigenvalue weighted by Crippen LogP contribution is -2.28. The molecule has 1 aliphatic heterocycles. The number of carbonyl (C=O) groups is 1. The fourth-order valence-corrected chi connectivity index (χ4v) is 3.71. The van der Waals surface area contributed by atoms with Gasteiger partial charge in [-0.3, -0.25) is 15.1 Å². The van der Waals surface area contributed by atoms with Crippen molar-refractivity contribution in [2.75, 3.05) is 23.4 Å². The number of nitrogens with one attached hydrogen (secondary N) is 3. The predicted octanol–water partition coefficient (Wildman–Crippen LogP) is 3.06. The summed E-state index contributed by atoms with van der Waals surface area (Å²) in [7, 11) is 0. The number of rotatable bonds is 5. The number of H-pyrrole nitrogens is 1. The highest BCUT2D eigenvalue weighted by Gasteiger charge is 2.18. The first-order valence-corrected chi connectivity index (χ1v) is 10.1. The highest BCUT2D eigenvalue weighted by atomic mass is 16.2. The summed E-state index contributed by atoms with van der Waals surface area (Å²) in [4.78, 5) is 32.1. The largest absolute Gasteiger partial charge is 0.338 e. The summed E-state index contributed by atoms with van der Waals surface area (Å²) in [6.45, 7) is 7.64. The van der Waals surface area contributed by atoms with Crippen LogP contribution in [0.1, 0.15) is 26.0 Å². The lowest BCUT2D eigenvalue weighted by molar-refractivity contribution is 0.252. The fourth-order valence-electron chi connectivity index (χ4n) is 3.71. The first-order valence-electron chi connectivity index (χ1n) is 10.1. The highest BCUT2D eigenvalue weighted by Crippen LogP contribution is 2.34. The smallest absolute Gasteiger partial charge is 0.321 e. The molecule has 4 rings (SSSR count). The van der Waals surface area contributed by atoms with Crippen LogP contribution in [0.2, 0.25) is 0 Å². The van der Waals surface area contributed by atoms with Gasteiger partial charge in [-0.15, -0.1) is 0 Å². The van der Waals surface area contributed by atoms with Crippen LogP contribution in [0.15, 0.2) is 34.2 Å². The van der Waals surface area contributed by atoms with Gasteiger partial charge in [0.15, 0.2) is 0 Å². The molecule has 1 aromatic carbocycles. The third kappa shape index (κ3) is 3.66. The summed E-state index contributed by atoms with van der Waals surface area (Å²) >= 11 is 0. The number of amides is 2. The quantitative estimate of drug-likeness (QED) is 0.604. The molecule has 3 heterocycles. The van der Waals surface area contributed by atoms with Crippen molar-refractivity contribution in [3.8, 4) is 11.1 Å². The number of fused-ring (bicyclic) bond motifs is 1. The number of benzene rings is 1. The molecule has 0 aliphatic carbocycles. The van der Waals surface area contributed by atoms with E-state index in [1.165, 1.54) is 0 Å². The molecule has 2 amide bonds. The van der Waals surface area contributed by atoms with Gasteiger partial charge in [0.1, 0.15) is 5.52 Å². The topological polar surface area (TPSA) is 107 Å². The Morgan fingerprint density at radius 3 is 2.67 bits per heavy atom. The molecule has 156 valence electrons. The maximum absolute atomic E-state index is 12.5. The molecular formula is C21H25N7O2. The zero-order valence-corrected chi connectivity index (χ0v) is 17.3. The van der Waals surface area contributed by atoms with Crippen molar-refractivity contribution in [1.29, 1.82) is 0 Å². The number of urea groups is 1. The van der Waals surface area contributed by atoms with Gasteiger partial charge >= 0.3 is 6.03 Å². The van der Waals surface area contributed by atoms with Crippen LogP contribution in [-0.2, 0) is 6.54 Å². The minimum atomic E-state index is -0.323. The molecule has 0 bridgehead atoms. The number of anilines is 2. The van der Waals surface area contributed by atoms with Crippen molar-refractivity contribution in [3.63, 3.8) is 0 Å². The van der Waals surface area contributed by atoms with Crippen molar-refractivity contribution in [2.24, 2.45) is 5.10 Å². The Balaban J connectivity index is 1.84. The van der Waals surface area contributed by atoms with E-state index in [0.29, 0.717) is 24.6 Å². The molecule has 0 fully saturated rings. The van der Waals surface area contributed by atoms with Gasteiger partial charge in [0, 0.05) is 44.0 Å². The molecule has 9 heteroatoms. The van der Waals surface area contributed by atoms with E-state index >= 15 is 0 Å². The Hall–Kier alpha value is -3.62. The molecule has 9 nitrogen and oxygen atoms in total. The molecule has 0 spiro atoms. The van der Waals surface area contributed by atoms with E-state index in [2.05, 4.69) is 25.7 Å². The van der Waals surface area contributed by atoms with Gasteiger partial charge in [-0.05, 0) is 50.1 Å². The average Bonchev–Trinajstić information content (AvgIpc) is 3.36. The van der Waals surface area contributed by atoms with E-state index in [4.69, 9.17) is 0 Å². The Morgan fingerprint density at radius 1 is 1.20 bits per heavy atom. The van der Waals surface area contributed by atoms with Crippen molar-refractivity contribution < 1.29 is 4.79 Å². The molecule has 2 aromatic heterocycles. The van der Waals surface area contributed by atoms with E-state index < -0.39 is 0 Å². The SMILES string of the molecule is CCNC(=O)Nc1nc2c(N3CCC=N3)cc(-c3cc(C)n(CC)c(=O)c3)cc2[nH]1. The van der Waals surface area contributed by atoms with Gasteiger partial charge in [-0.2, -0.15) is 5.10 Å². The predicted molar refractivity (Wildman–Crippen MR) is 119 cm³/mol. The standard InChI is InChI=1S/C21H25N7O2/c1-4-22-21(30)26-20-24-16-10-15(14-9-13(3)27(5-2)18(29)12-14)11-17(19(16)25-20)28-8-6-7-23-28/h7,9-12H,4-6,8H2,1-3H3,(H3,22,24,25,26,30). The highest BCUT2D eigenvalue weighted by molar-refractivity contribution is 5.97. The van der Waals surface area contributed by atoms with Gasteiger partial charge in [-0.1, -0.05) is 0 Å². The van der Waals surface area contributed by atoms with Crippen LogP contribution in [-0.4, -0.2) is 39.9 Å². The van der Waals surface area contributed by atoms with Crippen LogP contribution >= 0.6 is 0 Å². The zero-order valence-electron chi connectivity index (χ0n) is 17.3. The summed E-state index contributed by atoms with van der Waals surface area (Å²) in [5.74, 6) is 0.357. The number of aromatic amines is 1. The summed E-state index contributed by atoms with van der Waals surface area (Å²) in [6.07, 6.45) is 2.72. The summed E-state index contributed by atoms with van der Waals surface area (Å²) in [5.41, 5.74) is 4.89. The maximum atomic E-state index is 12.5. The van der Waals surface area contributed by atoms with E-state index in [0.717, 1.165) is 41.0 Å². The monoisotopic (exact) mass is 407 g/mol. The maximum Gasteiger partial charge on any atom is 0.321 e. The van der Waals surface area contributed by atoms with Gasteiger partial charge in [0.2, 0.25) is 5.95 Å². The first-order chi connectivity index (χ1) is 14.5. The second kappa shape index (κ2) is 8.02. The van der Waals surface area contributed by atoms with Gasteiger partial charge in [0.25, 0.3) is 5.56 Å². The molecule has 3 N–H and O–H groups in total. The molecule has 3 aromatic rings. The molecule has 0 saturated carbocycles. The molecular weight excluding hydrogens is 382 g/mol. The third-order valence-corrected chi connectivity index (χ3v) is 5.09. The second-order valence-electron chi connectivity index (χ2n) is 7.14. The minimum Gasteiger partial charge on any atom is -0.338 e. The lowest BCUT2D eigenvalue weighted by atomic mass is 10.0. The van der Waals surface area contributed by atoms with Crippen molar-refractivity contribution >= 4 is 34.9 Å². The van der Waals surface area contributed by atoms with Crippen LogP contribution in [0.5, 0.6) is 0 Å². The number of aryl methyl sites for hydroxylation is 1. The molecule has 0 radical (unpaired) electrons. The van der Waals surface area contributed by atoms with Crippen LogP contribution in [0.25, 0.3) is 22.2 Å². The number of nitrogens with zero attached hydrogens (tertiary/aromatic N) is 4. The van der Waals surface area contributed by atoms with Crippen LogP contribution in [0, 0.1) is 6.92 Å². The number of hydrazone groups is 1. The Morgan fingerprint density at radius 2 is 2.00 bits per heavy atom. The minimum absolute atomic E-state index is 0.0310. The summed E-state index contributed by atoms with van der Waals surface area (Å²) < 4.78 is 1.73. The number of carbonyl (C=O) groups excluding carboxylic acids is 1. The zero-order chi connectivity index (χ0) is 21.3. The number of imidazole rings is 1. The van der Waals surface area contributed by atoms with E-state index in [1.54, 1.807) is 10.6 Å². The number of hydrogen-bond donors (Lipinski definition) is 3. The van der Waals surface area contributed by atoms with Gasteiger partial charge in [0.05, 0.1) is 11.2 Å². The van der Waals surface area contributed by atoms with Crippen LogP contribution < -0.4 is 21.2 Å². The average molecular weight is 407 g/mol. The molecule has 30 heavy (non-hydrogen) atoms. The fraction of sp³-hybridized carbons (Fsp3) is 0.333. The molecule has 0 unspecified atom stereocenters. The molecule has 0 atom stereocenters. The Bertz CT molecular complexity index is 1190. The Labute approximate surface area is 173 Å². The molecule has 0 saturated heterocycles. The number of pyridine rings is 1. The van der Waals surface area contributed by atoms with Crippen LogP contribution in [0.3, 0.4) is 0 Å². The van der Waals surface area contributed by atoms with Crippen LogP contribution in [0.4, 0.5) is 16.4 Å². The third-order valence-electron chi connectivity index (χ3n) is 5.09. The summed E-state index contributed by atoms with van der Waals surface area (Å²) in [6, 6.07) is 7.27. The number of hydrogen-bond acceptors (Lipinski definition) is 5.